The molecular formula is C20H17NO3. The van der Waals surface area contributed by atoms with Gasteiger partial charge in [0.2, 0.25) is 0 Å². The Hall–Kier alpha value is -2.90. The van der Waals surface area contributed by atoms with Crippen LogP contribution in [0.1, 0.15) is 30.4 Å². The van der Waals surface area contributed by atoms with Gasteiger partial charge in [-0.1, -0.05) is 54.3 Å². The number of fused-ring (bicyclic) bond motifs is 3. The number of amides is 2. The molecule has 120 valence electrons. The predicted molar refractivity (Wildman–Crippen MR) is 90.0 cm³/mol. The van der Waals surface area contributed by atoms with Crippen molar-refractivity contribution in [2.24, 2.45) is 0 Å². The average Bonchev–Trinajstić information content (AvgIpc) is 2.89. The van der Waals surface area contributed by atoms with Crippen molar-refractivity contribution in [1.29, 1.82) is 0 Å². The van der Waals surface area contributed by atoms with E-state index < -0.39 is 11.8 Å². The van der Waals surface area contributed by atoms with Crippen LogP contribution in [0.25, 0.3) is 11.1 Å². The zero-order valence-corrected chi connectivity index (χ0v) is 13.2. The summed E-state index contributed by atoms with van der Waals surface area (Å²) in [6.07, 6.45) is 2.30. The Kier molecular flexibility index (Phi) is 4.74. The normalized spacial score (nSPS) is 15.1. The molecule has 0 aromatic heterocycles. The highest BCUT2D eigenvalue weighted by Crippen LogP contribution is 2.28. The van der Waals surface area contributed by atoms with E-state index in [0.717, 1.165) is 18.4 Å². The van der Waals surface area contributed by atoms with Gasteiger partial charge in [0, 0.05) is 24.8 Å². The maximum atomic E-state index is 10.2. The van der Waals surface area contributed by atoms with Crippen molar-refractivity contribution in [2.45, 2.75) is 25.7 Å². The van der Waals surface area contributed by atoms with E-state index in [1.165, 1.54) is 16.7 Å². The molecule has 2 amide bonds. The van der Waals surface area contributed by atoms with Gasteiger partial charge in [0.05, 0.1) is 0 Å². The molecule has 1 N–H and O–H groups in total. The summed E-state index contributed by atoms with van der Waals surface area (Å²) in [6, 6.07) is 17.0. The second-order valence-electron chi connectivity index (χ2n) is 5.60. The first kappa shape index (κ1) is 16.0. The number of nitrogens with zero attached hydrogens (tertiary/aromatic N) is 1. The fourth-order valence-electron chi connectivity index (χ4n) is 2.75. The minimum Gasteiger partial charge on any atom is -0.279 e. The summed E-state index contributed by atoms with van der Waals surface area (Å²) >= 11 is 0. The van der Waals surface area contributed by atoms with E-state index in [0.29, 0.717) is 0 Å². The third-order valence-corrected chi connectivity index (χ3v) is 4.00. The van der Waals surface area contributed by atoms with Crippen molar-refractivity contribution >= 4 is 11.8 Å². The number of hydrogen-bond acceptors (Lipinski definition) is 3. The standard InChI is InChI=1S/C16H12.C4H5NO3/c1-2-8-14-10-4-6-12-16(14)15-11-5-3-9-13(15)7-1;6-3-1-2-4(7)5(3)8/h3-6,9-12H,1,7H2;8H,1-2H2. The summed E-state index contributed by atoms with van der Waals surface area (Å²) in [5.74, 6) is 5.48. The maximum absolute atomic E-state index is 10.2. The van der Waals surface area contributed by atoms with Gasteiger partial charge in [-0.15, -0.1) is 0 Å². The molecular weight excluding hydrogens is 302 g/mol. The lowest BCUT2D eigenvalue weighted by atomic mass is 9.92. The van der Waals surface area contributed by atoms with Gasteiger partial charge in [0.1, 0.15) is 0 Å². The molecule has 24 heavy (non-hydrogen) atoms. The minimum atomic E-state index is -0.505. The molecule has 0 radical (unpaired) electrons. The van der Waals surface area contributed by atoms with E-state index in [1.807, 2.05) is 0 Å². The number of carbonyl (C=O) groups excluding carboxylic acids is 2. The van der Waals surface area contributed by atoms with Gasteiger partial charge in [-0.3, -0.25) is 14.8 Å². The van der Waals surface area contributed by atoms with E-state index in [4.69, 9.17) is 5.21 Å². The predicted octanol–water partition coefficient (Wildman–Crippen LogP) is 3.18. The molecule has 1 aliphatic heterocycles. The Morgan fingerprint density at radius 1 is 0.833 bits per heavy atom. The Morgan fingerprint density at radius 3 is 2.12 bits per heavy atom. The summed E-state index contributed by atoms with van der Waals surface area (Å²) in [5.41, 5.74) is 5.16. The van der Waals surface area contributed by atoms with Crippen LogP contribution in [0, 0.1) is 11.8 Å². The average molecular weight is 319 g/mol. The Morgan fingerprint density at radius 2 is 1.46 bits per heavy atom. The van der Waals surface area contributed by atoms with E-state index in [1.54, 1.807) is 0 Å². The molecule has 4 heteroatoms. The SMILES string of the molecule is C1#Cc2ccccc2-c2ccccc2CC1.O=C1CCC(=O)N1O. The van der Waals surface area contributed by atoms with Crippen LogP contribution in [0.2, 0.25) is 0 Å². The summed E-state index contributed by atoms with van der Waals surface area (Å²) in [4.78, 5) is 20.5. The lowest BCUT2D eigenvalue weighted by Gasteiger charge is -2.12. The number of hydroxylamine groups is 2. The van der Waals surface area contributed by atoms with Crippen LogP contribution in [0.5, 0.6) is 0 Å². The second kappa shape index (κ2) is 7.12. The first-order valence-corrected chi connectivity index (χ1v) is 7.87. The summed E-state index contributed by atoms with van der Waals surface area (Å²) in [5, 5.41) is 8.57. The number of benzene rings is 2. The number of aryl methyl sites for hydroxylation is 1. The van der Waals surface area contributed by atoms with E-state index in [-0.39, 0.29) is 17.9 Å². The molecule has 0 bridgehead atoms. The minimum absolute atomic E-state index is 0.148. The highest BCUT2D eigenvalue weighted by Gasteiger charge is 2.26. The molecule has 2 aromatic carbocycles. The third-order valence-electron chi connectivity index (χ3n) is 4.00. The molecule has 0 spiro atoms. The van der Waals surface area contributed by atoms with Crippen LogP contribution in [0.3, 0.4) is 0 Å². The van der Waals surface area contributed by atoms with Gasteiger partial charge in [-0.2, -0.15) is 5.06 Å². The quantitative estimate of drug-likeness (QED) is 0.461. The van der Waals surface area contributed by atoms with Crippen LogP contribution in [-0.4, -0.2) is 22.1 Å². The zero-order chi connectivity index (χ0) is 16.9. The van der Waals surface area contributed by atoms with Crippen molar-refractivity contribution in [3.63, 3.8) is 0 Å². The largest absolute Gasteiger partial charge is 0.279 e. The monoisotopic (exact) mass is 319 g/mol. The molecule has 2 aliphatic rings. The van der Waals surface area contributed by atoms with Gasteiger partial charge < -0.3 is 0 Å². The summed E-state index contributed by atoms with van der Waals surface area (Å²) in [7, 11) is 0. The van der Waals surface area contributed by atoms with Crippen LogP contribution in [-0.2, 0) is 16.0 Å². The fourth-order valence-corrected chi connectivity index (χ4v) is 2.75. The molecule has 4 rings (SSSR count). The lowest BCUT2D eigenvalue weighted by molar-refractivity contribution is -0.171. The molecule has 1 aliphatic carbocycles. The maximum Gasteiger partial charge on any atom is 0.253 e. The topological polar surface area (TPSA) is 57.6 Å². The fraction of sp³-hybridized carbons (Fsp3) is 0.200. The number of hydrogen-bond donors (Lipinski definition) is 1. The van der Waals surface area contributed by atoms with Crippen LogP contribution >= 0.6 is 0 Å². The molecule has 0 atom stereocenters. The third kappa shape index (κ3) is 3.37. The van der Waals surface area contributed by atoms with E-state index >= 15 is 0 Å². The first-order chi connectivity index (χ1) is 11.7. The van der Waals surface area contributed by atoms with Crippen LogP contribution in [0.15, 0.2) is 48.5 Å². The van der Waals surface area contributed by atoms with Crippen molar-refractivity contribution in [3.8, 4) is 23.0 Å². The zero-order valence-electron chi connectivity index (χ0n) is 13.2. The van der Waals surface area contributed by atoms with Gasteiger partial charge >= 0.3 is 0 Å². The Balaban J connectivity index is 0.000000179. The van der Waals surface area contributed by atoms with Crippen molar-refractivity contribution < 1.29 is 14.8 Å². The Labute approximate surface area is 140 Å². The molecule has 1 saturated heterocycles. The van der Waals surface area contributed by atoms with Gasteiger partial charge in [0.15, 0.2) is 0 Å². The molecule has 1 heterocycles. The van der Waals surface area contributed by atoms with Crippen molar-refractivity contribution in [2.75, 3.05) is 0 Å². The smallest absolute Gasteiger partial charge is 0.253 e. The molecule has 2 aromatic rings. The first-order valence-electron chi connectivity index (χ1n) is 7.87. The van der Waals surface area contributed by atoms with Gasteiger partial charge in [0.25, 0.3) is 11.8 Å². The number of imide groups is 1. The molecule has 4 nitrogen and oxygen atoms in total. The highest BCUT2D eigenvalue weighted by molar-refractivity contribution is 6.00. The molecule has 0 saturated carbocycles. The number of carbonyl (C=O) groups is 2. The Bertz CT molecular complexity index is 829. The number of rotatable bonds is 0. The lowest BCUT2D eigenvalue weighted by Crippen LogP contribution is -2.24. The van der Waals surface area contributed by atoms with Gasteiger partial charge in [-0.25, -0.2) is 0 Å². The van der Waals surface area contributed by atoms with E-state index in [9.17, 15) is 9.59 Å². The van der Waals surface area contributed by atoms with E-state index in [2.05, 4.69) is 60.4 Å². The molecule has 1 fully saturated rings. The van der Waals surface area contributed by atoms with Gasteiger partial charge in [-0.05, 0) is 29.2 Å². The second-order valence-corrected chi connectivity index (χ2v) is 5.60. The summed E-state index contributed by atoms with van der Waals surface area (Å²) in [6.45, 7) is 0. The van der Waals surface area contributed by atoms with Crippen LogP contribution in [0.4, 0.5) is 0 Å². The molecule has 0 unspecified atom stereocenters. The van der Waals surface area contributed by atoms with Crippen LogP contribution < -0.4 is 0 Å². The highest BCUT2D eigenvalue weighted by atomic mass is 16.5. The summed E-state index contributed by atoms with van der Waals surface area (Å²) < 4.78 is 0. The van der Waals surface area contributed by atoms with Crippen molar-refractivity contribution in [3.05, 3.63) is 59.7 Å². The van der Waals surface area contributed by atoms with Crippen molar-refractivity contribution in [1.82, 2.24) is 5.06 Å².